The maximum absolute atomic E-state index is 5.59. The zero-order chi connectivity index (χ0) is 10.8. The lowest BCUT2D eigenvalue weighted by Crippen LogP contribution is -2.02. The molecule has 0 saturated carbocycles. The summed E-state index contributed by atoms with van der Waals surface area (Å²) in [6.07, 6.45) is 2.90. The van der Waals surface area contributed by atoms with E-state index in [1.165, 1.54) is 16.5 Å². The van der Waals surface area contributed by atoms with Crippen LogP contribution in [-0.2, 0) is 6.42 Å². The largest absolute Gasteiger partial charge is 0.496 e. The first kappa shape index (κ1) is 10.1. The van der Waals surface area contributed by atoms with Crippen molar-refractivity contribution in [3.8, 4) is 5.75 Å². The van der Waals surface area contributed by atoms with E-state index in [2.05, 4.69) is 18.0 Å². The van der Waals surface area contributed by atoms with E-state index in [0.29, 0.717) is 6.54 Å². The van der Waals surface area contributed by atoms with E-state index in [9.17, 15) is 0 Å². The van der Waals surface area contributed by atoms with Crippen molar-refractivity contribution in [2.45, 2.75) is 13.3 Å². The third-order valence-electron chi connectivity index (χ3n) is 2.72. The highest BCUT2D eigenvalue weighted by Crippen LogP contribution is 2.30. The van der Waals surface area contributed by atoms with Crippen LogP contribution in [0, 0.1) is 6.92 Å². The Morgan fingerprint density at radius 1 is 1.40 bits per heavy atom. The molecule has 0 atom stereocenters. The predicted octanol–water partition coefficient (Wildman–Crippen LogP) is 1.99. The van der Waals surface area contributed by atoms with Gasteiger partial charge in [0.25, 0.3) is 0 Å². The monoisotopic (exact) mass is 204 g/mol. The van der Waals surface area contributed by atoms with Gasteiger partial charge in [0.15, 0.2) is 0 Å². The van der Waals surface area contributed by atoms with Gasteiger partial charge in [-0.2, -0.15) is 0 Å². The molecular weight excluding hydrogens is 188 g/mol. The van der Waals surface area contributed by atoms with Crippen molar-refractivity contribution in [1.29, 1.82) is 0 Å². The number of nitrogens with one attached hydrogen (secondary N) is 1. The minimum atomic E-state index is 0.657. The zero-order valence-corrected chi connectivity index (χ0v) is 9.13. The molecule has 0 aliphatic carbocycles. The van der Waals surface area contributed by atoms with Crippen LogP contribution >= 0.6 is 0 Å². The van der Waals surface area contributed by atoms with Gasteiger partial charge in [-0.3, -0.25) is 0 Å². The number of aromatic amines is 1. The fourth-order valence-corrected chi connectivity index (χ4v) is 1.95. The second kappa shape index (κ2) is 3.95. The Morgan fingerprint density at radius 3 is 2.87 bits per heavy atom. The summed E-state index contributed by atoms with van der Waals surface area (Å²) in [5, 5.41) is 1.17. The normalized spacial score (nSPS) is 10.9. The highest BCUT2D eigenvalue weighted by atomic mass is 16.5. The Bertz CT molecular complexity index is 474. The maximum Gasteiger partial charge on any atom is 0.128 e. The molecule has 3 nitrogen and oxygen atoms in total. The number of ether oxygens (including phenoxy) is 1. The molecule has 80 valence electrons. The summed E-state index contributed by atoms with van der Waals surface area (Å²) in [4.78, 5) is 3.28. The van der Waals surface area contributed by atoms with Crippen molar-refractivity contribution in [2.75, 3.05) is 13.7 Å². The van der Waals surface area contributed by atoms with Crippen LogP contribution in [0.15, 0.2) is 18.3 Å². The molecule has 0 bridgehead atoms. The Morgan fingerprint density at radius 2 is 2.20 bits per heavy atom. The van der Waals surface area contributed by atoms with Crippen LogP contribution in [0.3, 0.4) is 0 Å². The first-order valence-corrected chi connectivity index (χ1v) is 5.11. The van der Waals surface area contributed by atoms with Gasteiger partial charge in [0, 0.05) is 11.6 Å². The molecule has 15 heavy (non-hydrogen) atoms. The first-order chi connectivity index (χ1) is 7.27. The first-order valence-electron chi connectivity index (χ1n) is 5.11. The molecule has 0 aliphatic rings. The lowest BCUT2D eigenvalue weighted by Gasteiger charge is -2.05. The average molecular weight is 204 g/mol. The van der Waals surface area contributed by atoms with Crippen molar-refractivity contribution in [1.82, 2.24) is 4.98 Å². The van der Waals surface area contributed by atoms with Gasteiger partial charge in [0.2, 0.25) is 0 Å². The Hall–Kier alpha value is -1.48. The molecule has 3 N–H and O–H groups in total. The molecule has 0 spiro atoms. The van der Waals surface area contributed by atoms with Gasteiger partial charge in [-0.25, -0.2) is 0 Å². The van der Waals surface area contributed by atoms with E-state index in [-0.39, 0.29) is 0 Å². The van der Waals surface area contributed by atoms with Crippen molar-refractivity contribution in [3.63, 3.8) is 0 Å². The van der Waals surface area contributed by atoms with Gasteiger partial charge in [-0.1, -0.05) is 6.07 Å². The molecule has 0 amide bonds. The highest BCUT2D eigenvalue weighted by Gasteiger charge is 2.10. The van der Waals surface area contributed by atoms with Gasteiger partial charge < -0.3 is 15.5 Å². The molecule has 0 radical (unpaired) electrons. The Kier molecular flexibility index (Phi) is 2.64. The van der Waals surface area contributed by atoms with Crippen molar-refractivity contribution >= 4 is 10.9 Å². The Balaban J connectivity index is 2.69. The molecule has 2 aromatic rings. The second-order valence-corrected chi connectivity index (χ2v) is 3.69. The minimum Gasteiger partial charge on any atom is -0.496 e. The van der Waals surface area contributed by atoms with Gasteiger partial charge in [0.1, 0.15) is 5.75 Å². The number of hydrogen-bond donors (Lipinski definition) is 2. The average Bonchev–Trinajstić information content (AvgIpc) is 2.65. The Labute approximate surface area is 89.2 Å². The van der Waals surface area contributed by atoms with E-state index in [0.717, 1.165) is 17.7 Å². The van der Waals surface area contributed by atoms with E-state index in [4.69, 9.17) is 10.5 Å². The van der Waals surface area contributed by atoms with Crippen molar-refractivity contribution in [3.05, 3.63) is 29.5 Å². The van der Waals surface area contributed by atoms with E-state index in [1.807, 2.05) is 12.3 Å². The molecule has 0 fully saturated rings. The lowest BCUT2D eigenvalue weighted by atomic mass is 10.1. The number of fused-ring (bicyclic) bond motifs is 1. The number of aryl methyl sites for hydroxylation is 1. The van der Waals surface area contributed by atoms with E-state index >= 15 is 0 Å². The predicted molar refractivity (Wildman–Crippen MR) is 62.3 cm³/mol. The summed E-state index contributed by atoms with van der Waals surface area (Å²) in [5.41, 5.74) is 9.20. The third kappa shape index (κ3) is 1.59. The number of rotatable bonds is 3. The van der Waals surface area contributed by atoms with Crippen LogP contribution in [0.1, 0.15) is 11.1 Å². The zero-order valence-electron chi connectivity index (χ0n) is 9.13. The molecule has 0 aliphatic heterocycles. The van der Waals surface area contributed by atoms with Crippen molar-refractivity contribution in [2.24, 2.45) is 5.73 Å². The molecule has 0 saturated heterocycles. The molecule has 1 aromatic carbocycles. The van der Waals surface area contributed by atoms with Gasteiger partial charge >= 0.3 is 0 Å². The maximum atomic E-state index is 5.59. The molecule has 1 aromatic heterocycles. The van der Waals surface area contributed by atoms with Gasteiger partial charge in [-0.15, -0.1) is 0 Å². The van der Waals surface area contributed by atoms with E-state index < -0.39 is 0 Å². The van der Waals surface area contributed by atoms with Crippen LogP contribution in [0.4, 0.5) is 0 Å². The summed E-state index contributed by atoms with van der Waals surface area (Å²) in [6, 6.07) is 4.06. The van der Waals surface area contributed by atoms with Gasteiger partial charge in [-0.05, 0) is 37.1 Å². The molecule has 3 heteroatoms. The molecule has 0 unspecified atom stereocenters. The lowest BCUT2D eigenvalue weighted by molar-refractivity contribution is 0.419. The standard InChI is InChI=1S/C12H16N2O/c1-8-3-4-10(15-2)11-9(5-6-13)7-14-12(8)11/h3-4,7,14H,5-6,13H2,1-2H3. The summed E-state index contributed by atoms with van der Waals surface area (Å²) in [7, 11) is 1.70. The second-order valence-electron chi connectivity index (χ2n) is 3.69. The SMILES string of the molecule is COc1ccc(C)c2[nH]cc(CCN)c12. The van der Waals surface area contributed by atoms with Crippen LogP contribution < -0.4 is 10.5 Å². The fourth-order valence-electron chi connectivity index (χ4n) is 1.95. The third-order valence-corrected chi connectivity index (χ3v) is 2.72. The number of hydrogen-bond acceptors (Lipinski definition) is 2. The number of H-pyrrole nitrogens is 1. The summed E-state index contributed by atoms with van der Waals surface area (Å²) < 4.78 is 5.37. The smallest absolute Gasteiger partial charge is 0.128 e. The summed E-state index contributed by atoms with van der Waals surface area (Å²) >= 11 is 0. The topological polar surface area (TPSA) is 51.0 Å². The van der Waals surface area contributed by atoms with Crippen LogP contribution in [0.25, 0.3) is 10.9 Å². The fraction of sp³-hybridized carbons (Fsp3) is 0.333. The van der Waals surface area contributed by atoms with E-state index in [1.54, 1.807) is 7.11 Å². The number of nitrogens with two attached hydrogens (primary N) is 1. The summed E-state index contributed by atoms with van der Waals surface area (Å²) in [5.74, 6) is 0.917. The van der Waals surface area contributed by atoms with Crippen LogP contribution in [0.2, 0.25) is 0 Å². The summed E-state index contributed by atoms with van der Waals surface area (Å²) in [6.45, 7) is 2.74. The number of methoxy groups -OCH3 is 1. The molecule has 1 heterocycles. The van der Waals surface area contributed by atoms with Crippen LogP contribution in [0.5, 0.6) is 5.75 Å². The molecular formula is C12H16N2O. The molecule has 2 rings (SSSR count). The van der Waals surface area contributed by atoms with Gasteiger partial charge in [0.05, 0.1) is 12.6 Å². The van der Waals surface area contributed by atoms with Crippen LogP contribution in [-0.4, -0.2) is 18.6 Å². The quantitative estimate of drug-likeness (QED) is 0.803. The number of aromatic nitrogens is 1. The highest BCUT2D eigenvalue weighted by molar-refractivity contribution is 5.91. The van der Waals surface area contributed by atoms with Crippen molar-refractivity contribution < 1.29 is 4.74 Å². The number of benzene rings is 1. The minimum absolute atomic E-state index is 0.657.